The molecule has 7 heteroatoms. The Hall–Kier alpha value is -1.47. The number of nitrogens with one attached hydrogen (secondary N) is 2. The Balaban J connectivity index is 2.65. The molecule has 1 aromatic rings. The number of hydrazine groups is 1. The number of hydrogen-bond donors (Lipinski definition) is 3. The molecule has 4 N–H and O–H groups in total. The van der Waals surface area contributed by atoms with Gasteiger partial charge in [0, 0.05) is 40.1 Å². The van der Waals surface area contributed by atoms with Gasteiger partial charge in [-0.2, -0.15) is 0 Å². The maximum Gasteiger partial charge on any atom is 0.251 e. The Morgan fingerprint density at radius 3 is 2.75 bits per heavy atom. The lowest BCUT2D eigenvalue weighted by atomic mass is 10.2. The molecule has 0 saturated carbocycles. The van der Waals surface area contributed by atoms with Gasteiger partial charge >= 0.3 is 0 Å². The van der Waals surface area contributed by atoms with Gasteiger partial charge in [0.15, 0.2) is 0 Å². The molecule has 1 heterocycles. The van der Waals surface area contributed by atoms with Gasteiger partial charge < -0.3 is 10.7 Å². The smallest absolute Gasteiger partial charge is 0.251 e. The molecular weight excluding hydrogens is 276 g/mol. The molecule has 0 fully saturated rings. The van der Waals surface area contributed by atoms with Gasteiger partial charge in [-0.3, -0.25) is 9.00 Å². The Morgan fingerprint density at radius 1 is 1.50 bits per heavy atom. The van der Waals surface area contributed by atoms with Crippen LogP contribution in [0.3, 0.4) is 0 Å². The number of aromatic nitrogens is 1. The summed E-state index contributed by atoms with van der Waals surface area (Å²) in [4.78, 5) is 16.3. The normalized spacial score (nSPS) is 13.6. The fourth-order valence-electron chi connectivity index (χ4n) is 1.63. The van der Waals surface area contributed by atoms with Gasteiger partial charge in [0.05, 0.1) is 0 Å². The molecule has 0 aliphatic heterocycles. The van der Waals surface area contributed by atoms with Crippen LogP contribution in [-0.4, -0.2) is 33.2 Å². The molecule has 1 aromatic heterocycles. The molecular formula is C13H22N4O2S. The van der Waals surface area contributed by atoms with Crippen LogP contribution in [0.2, 0.25) is 0 Å². The van der Waals surface area contributed by atoms with Crippen LogP contribution >= 0.6 is 0 Å². The second-order valence-corrected chi connectivity index (χ2v) is 6.39. The van der Waals surface area contributed by atoms with E-state index in [4.69, 9.17) is 5.84 Å². The van der Waals surface area contributed by atoms with E-state index in [1.807, 2.05) is 13.8 Å². The number of amides is 1. The first-order valence-electron chi connectivity index (χ1n) is 6.56. The summed E-state index contributed by atoms with van der Waals surface area (Å²) in [5.74, 6) is 5.63. The van der Waals surface area contributed by atoms with Gasteiger partial charge in [0.1, 0.15) is 5.82 Å². The highest BCUT2D eigenvalue weighted by Crippen LogP contribution is 2.10. The van der Waals surface area contributed by atoms with Crippen molar-refractivity contribution in [2.45, 2.75) is 31.9 Å². The van der Waals surface area contributed by atoms with Crippen molar-refractivity contribution in [3.05, 3.63) is 23.4 Å². The zero-order chi connectivity index (χ0) is 15.1. The van der Waals surface area contributed by atoms with Crippen molar-refractivity contribution in [3.8, 4) is 0 Å². The van der Waals surface area contributed by atoms with E-state index >= 15 is 0 Å². The first-order chi connectivity index (χ1) is 9.47. The van der Waals surface area contributed by atoms with Crippen LogP contribution in [0.15, 0.2) is 12.1 Å². The van der Waals surface area contributed by atoms with Crippen LogP contribution < -0.4 is 16.6 Å². The third-order valence-corrected chi connectivity index (χ3v) is 4.42. The fourth-order valence-corrected chi connectivity index (χ4v) is 2.08. The summed E-state index contributed by atoms with van der Waals surface area (Å²) >= 11 is 0. The van der Waals surface area contributed by atoms with Crippen molar-refractivity contribution in [2.24, 2.45) is 5.84 Å². The van der Waals surface area contributed by atoms with E-state index < -0.39 is 10.8 Å². The van der Waals surface area contributed by atoms with Crippen LogP contribution in [-0.2, 0) is 17.2 Å². The van der Waals surface area contributed by atoms with E-state index in [9.17, 15) is 9.00 Å². The second-order valence-electron chi connectivity index (χ2n) is 4.58. The number of rotatable bonds is 7. The molecule has 1 rings (SSSR count). The minimum atomic E-state index is -0.868. The summed E-state index contributed by atoms with van der Waals surface area (Å²) in [6.07, 6.45) is 3.08. The molecule has 0 saturated heterocycles. The predicted octanol–water partition coefficient (Wildman–Crippen LogP) is 0.817. The van der Waals surface area contributed by atoms with Gasteiger partial charge in [-0.25, -0.2) is 10.8 Å². The lowest BCUT2D eigenvalue weighted by molar-refractivity contribution is 0.0953. The maximum atomic E-state index is 12.0. The molecule has 2 unspecified atom stereocenters. The van der Waals surface area contributed by atoms with Crippen LogP contribution in [0, 0.1) is 0 Å². The van der Waals surface area contributed by atoms with Crippen molar-refractivity contribution in [3.63, 3.8) is 0 Å². The molecule has 0 aliphatic rings. The highest BCUT2D eigenvalue weighted by molar-refractivity contribution is 7.84. The molecule has 0 aliphatic carbocycles. The molecule has 112 valence electrons. The van der Waals surface area contributed by atoms with E-state index in [1.54, 1.807) is 18.4 Å². The first kappa shape index (κ1) is 16.6. The van der Waals surface area contributed by atoms with Gasteiger partial charge in [-0.05, 0) is 25.0 Å². The molecule has 2 atom stereocenters. The van der Waals surface area contributed by atoms with E-state index in [2.05, 4.69) is 15.7 Å². The van der Waals surface area contributed by atoms with Crippen molar-refractivity contribution in [1.29, 1.82) is 0 Å². The lowest BCUT2D eigenvalue weighted by Gasteiger charge is -2.10. The molecule has 0 bridgehead atoms. The predicted molar refractivity (Wildman–Crippen MR) is 81.9 cm³/mol. The summed E-state index contributed by atoms with van der Waals surface area (Å²) < 4.78 is 11.2. The molecule has 6 nitrogen and oxygen atoms in total. The van der Waals surface area contributed by atoms with Crippen LogP contribution in [0.1, 0.15) is 36.3 Å². The fraction of sp³-hybridized carbons (Fsp3) is 0.538. The summed E-state index contributed by atoms with van der Waals surface area (Å²) in [5, 5.41) is 2.89. The highest BCUT2D eigenvalue weighted by atomic mass is 32.2. The number of pyridine rings is 1. The number of nitrogen functional groups attached to an aromatic ring is 1. The Bertz CT molecular complexity index is 471. The van der Waals surface area contributed by atoms with Gasteiger partial charge in [-0.1, -0.05) is 13.8 Å². The maximum absolute atomic E-state index is 12.0. The van der Waals surface area contributed by atoms with Crippen LogP contribution in [0.5, 0.6) is 0 Å². The Kier molecular flexibility index (Phi) is 6.60. The highest BCUT2D eigenvalue weighted by Gasteiger charge is 2.10. The molecule has 0 radical (unpaired) electrons. The van der Waals surface area contributed by atoms with Gasteiger partial charge in [-0.15, -0.1) is 0 Å². The number of hydrogen-bond acceptors (Lipinski definition) is 5. The minimum absolute atomic E-state index is 0.0696. The average molecular weight is 298 g/mol. The average Bonchev–Trinajstić information content (AvgIpc) is 2.46. The van der Waals surface area contributed by atoms with E-state index in [0.717, 1.165) is 12.1 Å². The summed E-state index contributed by atoms with van der Waals surface area (Å²) in [5.41, 5.74) is 3.78. The first-order valence-corrected chi connectivity index (χ1v) is 8.18. The number of nitrogens with zero attached hydrogens (tertiary/aromatic N) is 1. The van der Waals surface area contributed by atoms with Crippen molar-refractivity contribution < 1.29 is 9.00 Å². The van der Waals surface area contributed by atoms with Gasteiger partial charge in [0.2, 0.25) is 0 Å². The molecule has 1 amide bonds. The Labute approximate surface area is 122 Å². The zero-order valence-corrected chi connectivity index (χ0v) is 12.9. The number of carbonyl (C=O) groups is 1. The summed E-state index contributed by atoms with van der Waals surface area (Å²) in [6, 6.07) is 3.35. The summed E-state index contributed by atoms with van der Waals surface area (Å²) in [7, 11) is -0.868. The number of nitrogens with two attached hydrogens (primary N) is 1. The third kappa shape index (κ3) is 4.90. The van der Waals surface area contributed by atoms with Gasteiger partial charge in [0.25, 0.3) is 5.91 Å². The van der Waals surface area contributed by atoms with Crippen LogP contribution in [0.25, 0.3) is 0 Å². The molecule has 20 heavy (non-hydrogen) atoms. The number of aryl methyl sites for hydroxylation is 1. The standard InChI is InChI=1S/C13H22N4O2S/c1-4-11-7-10(8-12(16-11)17-14)13(18)15-6-5-9(2)20(3)19/h7-9H,4-6,14H2,1-3H3,(H,15,18)(H,16,17). The number of anilines is 1. The Morgan fingerprint density at radius 2 is 2.20 bits per heavy atom. The third-order valence-electron chi connectivity index (χ3n) is 3.05. The van der Waals surface area contributed by atoms with E-state index in [0.29, 0.717) is 24.3 Å². The second kappa shape index (κ2) is 7.96. The monoisotopic (exact) mass is 298 g/mol. The molecule has 0 aromatic carbocycles. The quantitative estimate of drug-likeness (QED) is 0.511. The topological polar surface area (TPSA) is 97.1 Å². The van der Waals surface area contributed by atoms with E-state index in [1.165, 1.54) is 0 Å². The number of carbonyl (C=O) groups excluding carboxylic acids is 1. The van der Waals surface area contributed by atoms with Crippen LogP contribution in [0.4, 0.5) is 5.82 Å². The minimum Gasteiger partial charge on any atom is -0.352 e. The largest absolute Gasteiger partial charge is 0.352 e. The molecule has 0 spiro atoms. The van der Waals surface area contributed by atoms with Crippen molar-refractivity contribution in [2.75, 3.05) is 18.2 Å². The lowest BCUT2D eigenvalue weighted by Crippen LogP contribution is -2.28. The zero-order valence-electron chi connectivity index (χ0n) is 12.1. The SMILES string of the molecule is CCc1cc(C(=O)NCCC(C)S(C)=O)cc(NN)n1. The van der Waals surface area contributed by atoms with Crippen molar-refractivity contribution in [1.82, 2.24) is 10.3 Å². The van der Waals surface area contributed by atoms with E-state index in [-0.39, 0.29) is 11.2 Å². The van der Waals surface area contributed by atoms with Crippen molar-refractivity contribution >= 4 is 22.5 Å². The summed E-state index contributed by atoms with van der Waals surface area (Å²) in [6.45, 7) is 4.36.